The van der Waals surface area contributed by atoms with Gasteiger partial charge in [0.2, 0.25) is 0 Å². The molecule has 644 valence electrons. The molecule has 0 spiro atoms. The second kappa shape index (κ2) is 27.5. The third kappa shape index (κ3) is 9.39. The quantitative estimate of drug-likeness (QED) is 0.145. The standard InChI is InChI=1S/2C66H38N4/c1-5-19-39(20-6-1)55-59-49-31-17-29-47-58-54(38-36-46-44-28-14-16-34-52(44)68(64(46)58)42-25-11-4-12-26-42)70(61(47)49)66(59)56(40-21-7-2-8-22-40)60-50-32-18-30-48-57-53(69(62(48)50)65(55)60)37-35-45-43-27-13-15-33-51(43)67(63(45)57)41-23-9-3-10-24-41;1-5-19-39(20-6-1)55-61-47-31-17-29-45-60-54(38-36-52-58(60)44-28-14-16-34-50(44)68(52)42-25-11-4-12-26-42)70(63(45)47)66(61)56(40-21-7-2-8-22-40)62-48-32-18-30-46-59-53(69(64(46)48)65(55)62)37-35-51-57(59)43-27-13-15-33-49(43)67(51)41-23-9-3-10-24-41/h2*1-38H. The van der Waals surface area contributed by atoms with Crippen molar-refractivity contribution in [1.82, 2.24) is 35.9 Å². The van der Waals surface area contributed by atoms with Crippen LogP contribution < -0.4 is 0 Å². The average molecular weight is 1770 g/mol. The minimum atomic E-state index is 1.16. The number of nitrogens with zero attached hydrogens (tertiary/aromatic N) is 8. The molecular formula is C132H76N8. The molecule has 0 aliphatic heterocycles. The summed E-state index contributed by atoms with van der Waals surface area (Å²) in [5.41, 5.74) is 39.2. The van der Waals surface area contributed by atoms with Gasteiger partial charge in [0.1, 0.15) is 0 Å². The first-order valence-electron chi connectivity index (χ1n) is 48.6. The van der Waals surface area contributed by atoms with Crippen molar-refractivity contribution in [3.8, 4) is 67.3 Å². The van der Waals surface area contributed by atoms with E-state index in [-0.39, 0.29) is 0 Å². The second-order valence-electron chi connectivity index (χ2n) is 38.2. The Morgan fingerprint density at radius 2 is 0.300 bits per heavy atom. The summed E-state index contributed by atoms with van der Waals surface area (Å²) in [5, 5.41) is 30.5. The lowest BCUT2D eigenvalue weighted by Crippen LogP contribution is -1.95. The highest BCUT2D eigenvalue weighted by Crippen LogP contribution is 2.60. The van der Waals surface area contributed by atoms with Crippen molar-refractivity contribution in [2.24, 2.45) is 0 Å². The van der Waals surface area contributed by atoms with Gasteiger partial charge in [0.05, 0.1) is 110 Å². The summed E-state index contributed by atoms with van der Waals surface area (Å²) < 4.78 is 20.5. The maximum absolute atomic E-state index is 2.65. The summed E-state index contributed by atoms with van der Waals surface area (Å²) in [7, 11) is 0. The minimum absolute atomic E-state index is 1.16. The van der Waals surface area contributed by atoms with E-state index in [4.69, 9.17) is 0 Å². The zero-order valence-electron chi connectivity index (χ0n) is 75.5. The molecule has 0 aliphatic rings. The molecule has 0 bridgehead atoms. The Kier molecular flexibility index (Phi) is 14.7. The van der Waals surface area contributed by atoms with E-state index in [1.807, 2.05) is 0 Å². The molecule has 34 aromatic rings. The molecule has 0 saturated heterocycles. The van der Waals surface area contributed by atoms with Crippen LogP contribution in [-0.4, -0.2) is 35.9 Å². The molecule has 0 unspecified atom stereocenters. The van der Waals surface area contributed by atoms with Crippen molar-refractivity contribution in [2.45, 2.75) is 0 Å². The van der Waals surface area contributed by atoms with Crippen LogP contribution in [0.4, 0.5) is 0 Å². The van der Waals surface area contributed by atoms with Crippen LogP contribution in [0.25, 0.3) is 307 Å². The fraction of sp³-hybridized carbons (Fsp3) is 0. The number of hydrogen-bond acceptors (Lipinski definition) is 0. The van der Waals surface area contributed by atoms with Crippen LogP contribution in [0, 0.1) is 0 Å². The number of fused-ring (bicyclic) bond motifs is 40. The van der Waals surface area contributed by atoms with Gasteiger partial charge < -0.3 is 35.9 Å². The van der Waals surface area contributed by atoms with Crippen molar-refractivity contribution in [3.05, 3.63) is 461 Å². The first kappa shape index (κ1) is 74.6. The third-order valence-electron chi connectivity index (χ3n) is 31.5. The Morgan fingerprint density at radius 1 is 0.100 bits per heavy atom. The molecule has 8 heteroatoms. The molecule has 0 radical (unpaired) electrons. The third-order valence-corrected chi connectivity index (χ3v) is 31.5. The van der Waals surface area contributed by atoms with Crippen LogP contribution in [0.1, 0.15) is 0 Å². The number of aromatic nitrogens is 8. The molecule has 0 aliphatic carbocycles. The van der Waals surface area contributed by atoms with Gasteiger partial charge in [0.25, 0.3) is 0 Å². The molecule has 0 saturated carbocycles. The van der Waals surface area contributed by atoms with Gasteiger partial charge in [0.15, 0.2) is 0 Å². The zero-order valence-corrected chi connectivity index (χ0v) is 75.5. The van der Waals surface area contributed by atoms with E-state index in [2.05, 4.69) is 497 Å². The molecule has 0 N–H and O–H groups in total. The lowest BCUT2D eigenvalue weighted by Gasteiger charge is -2.16. The van der Waals surface area contributed by atoms with Crippen LogP contribution in [0.3, 0.4) is 0 Å². The predicted octanol–water partition coefficient (Wildman–Crippen LogP) is 35.0. The Hall–Kier alpha value is -18.8. The van der Waals surface area contributed by atoms with E-state index in [1.165, 1.54) is 284 Å². The Balaban J connectivity index is 0.000000124. The summed E-state index contributed by atoms with van der Waals surface area (Å²) in [6.07, 6.45) is 0. The monoisotopic (exact) mass is 1770 g/mol. The maximum atomic E-state index is 2.65. The molecule has 22 aromatic carbocycles. The van der Waals surface area contributed by atoms with Crippen LogP contribution >= 0.6 is 0 Å². The summed E-state index contributed by atoms with van der Waals surface area (Å²) in [6, 6.07) is 171. The Morgan fingerprint density at radius 3 is 0.593 bits per heavy atom. The van der Waals surface area contributed by atoms with E-state index < -0.39 is 0 Å². The van der Waals surface area contributed by atoms with Gasteiger partial charge in [-0.15, -0.1) is 0 Å². The van der Waals surface area contributed by atoms with E-state index in [0.717, 1.165) is 22.7 Å². The first-order valence-corrected chi connectivity index (χ1v) is 48.6. The Bertz CT molecular complexity index is 10700. The van der Waals surface area contributed by atoms with E-state index in [0.29, 0.717) is 0 Å². The van der Waals surface area contributed by atoms with Crippen molar-refractivity contribution >= 4 is 240 Å². The molecule has 0 atom stereocenters. The summed E-state index contributed by atoms with van der Waals surface area (Å²) in [6.45, 7) is 0. The lowest BCUT2D eigenvalue weighted by atomic mass is 9.89. The average Bonchev–Trinajstić information content (AvgIpc) is 1.49. The summed E-state index contributed by atoms with van der Waals surface area (Å²) in [4.78, 5) is 0. The van der Waals surface area contributed by atoms with Gasteiger partial charge in [-0.05, 0) is 131 Å². The Labute approximate surface area is 798 Å². The predicted molar refractivity (Wildman–Crippen MR) is 591 cm³/mol. The lowest BCUT2D eigenvalue weighted by molar-refractivity contribution is 1.18. The van der Waals surface area contributed by atoms with E-state index in [1.54, 1.807) is 0 Å². The van der Waals surface area contributed by atoms with E-state index >= 15 is 0 Å². The highest BCUT2D eigenvalue weighted by Gasteiger charge is 2.37. The molecule has 140 heavy (non-hydrogen) atoms. The van der Waals surface area contributed by atoms with Crippen molar-refractivity contribution in [1.29, 1.82) is 0 Å². The minimum Gasteiger partial charge on any atom is -0.309 e. The topological polar surface area (TPSA) is 37.4 Å². The smallest absolute Gasteiger partial charge is 0.0641 e. The fourth-order valence-corrected chi connectivity index (χ4v) is 26.5. The van der Waals surface area contributed by atoms with Crippen molar-refractivity contribution in [2.75, 3.05) is 0 Å². The van der Waals surface area contributed by atoms with Crippen LogP contribution in [0.15, 0.2) is 461 Å². The second-order valence-corrected chi connectivity index (χ2v) is 38.2. The van der Waals surface area contributed by atoms with Crippen LogP contribution in [0.2, 0.25) is 0 Å². The summed E-state index contributed by atoms with van der Waals surface area (Å²) >= 11 is 0. The normalized spacial score (nSPS) is 12.6. The van der Waals surface area contributed by atoms with Gasteiger partial charge in [-0.3, -0.25) is 0 Å². The molecule has 0 fully saturated rings. The van der Waals surface area contributed by atoms with Gasteiger partial charge >= 0.3 is 0 Å². The zero-order chi connectivity index (χ0) is 90.7. The molecule has 34 rings (SSSR count). The van der Waals surface area contributed by atoms with Crippen molar-refractivity contribution in [3.63, 3.8) is 0 Å². The van der Waals surface area contributed by atoms with Crippen LogP contribution in [-0.2, 0) is 0 Å². The van der Waals surface area contributed by atoms with Gasteiger partial charge in [-0.1, -0.05) is 352 Å². The van der Waals surface area contributed by atoms with Crippen LogP contribution in [0.5, 0.6) is 0 Å². The number of rotatable bonds is 8. The van der Waals surface area contributed by atoms with Crippen molar-refractivity contribution < 1.29 is 0 Å². The molecule has 12 aromatic heterocycles. The highest BCUT2D eigenvalue weighted by atomic mass is 15.0. The molecular weight excluding hydrogens is 1700 g/mol. The number of hydrogen-bond donors (Lipinski definition) is 0. The summed E-state index contributed by atoms with van der Waals surface area (Å²) in [5.74, 6) is 0. The fourth-order valence-electron chi connectivity index (χ4n) is 26.5. The van der Waals surface area contributed by atoms with E-state index in [9.17, 15) is 0 Å². The number of para-hydroxylation sites is 12. The molecule has 8 nitrogen and oxygen atoms in total. The van der Waals surface area contributed by atoms with Gasteiger partial charge in [-0.25, -0.2) is 0 Å². The molecule has 0 amide bonds. The van der Waals surface area contributed by atoms with Gasteiger partial charge in [0, 0.05) is 174 Å². The SMILES string of the molecule is c1ccc(-c2c3c4cccc5c6c7c(ccc6n(c3c(-c3ccccc3)c3c6cccc8c9c%10c(ccc9n(c23)c68)c2ccccc2n%10-c2ccccc2)c45)c2ccccc2n7-c2ccccc2)cc1.c1ccc(-c2c3c4cccc5c6c7c8ccccc8n(-c8ccccc8)c7ccc6n(c3c(-c3ccccc3)c3c6cccc7c8c9c%10ccccc%10n(-c%10ccccc%10)c9ccc8n(c23)c67)c45)cc1. The highest BCUT2D eigenvalue weighted by molar-refractivity contribution is 6.44. The number of benzene rings is 22. The largest absolute Gasteiger partial charge is 0.309 e. The maximum Gasteiger partial charge on any atom is 0.0641 e. The first-order chi connectivity index (χ1) is 69.7. The molecule has 12 heterocycles. The van der Waals surface area contributed by atoms with Gasteiger partial charge in [-0.2, -0.15) is 0 Å².